The Morgan fingerprint density at radius 1 is 1.35 bits per heavy atom. The summed E-state index contributed by atoms with van der Waals surface area (Å²) in [5.74, 6) is 1.35. The van der Waals surface area contributed by atoms with Gasteiger partial charge in [-0.15, -0.1) is 16.4 Å². The molecule has 3 rings (SSSR count). The molecule has 3 heterocycles. The van der Waals surface area contributed by atoms with Crippen LogP contribution in [0.25, 0.3) is 0 Å². The molecule has 7 heteroatoms. The van der Waals surface area contributed by atoms with Gasteiger partial charge in [-0.25, -0.2) is 0 Å². The highest BCUT2D eigenvalue weighted by Gasteiger charge is 2.21. The van der Waals surface area contributed by atoms with Crippen LogP contribution < -0.4 is 10.2 Å². The highest BCUT2D eigenvalue weighted by atomic mass is 35.5. The fourth-order valence-corrected chi connectivity index (χ4v) is 3.76. The summed E-state index contributed by atoms with van der Waals surface area (Å²) >= 11 is 7.36. The topological polar surface area (TPSA) is 58.1 Å². The van der Waals surface area contributed by atoms with Gasteiger partial charge in [0.25, 0.3) is 5.91 Å². The number of aromatic nitrogens is 2. The van der Waals surface area contributed by atoms with Crippen LogP contribution in [-0.2, 0) is 0 Å². The molecule has 2 aromatic heterocycles. The Morgan fingerprint density at radius 2 is 2.13 bits per heavy atom. The lowest BCUT2D eigenvalue weighted by Crippen LogP contribution is -2.39. The van der Waals surface area contributed by atoms with Crippen molar-refractivity contribution in [3.05, 3.63) is 39.2 Å². The van der Waals surface area contributed by atoms with E-state index >= 15 is 0 Å². The third-order valence-corrected chi connectivity index (χ3v) is 5.44. The van der Waals surface area contributed by atoms with Gasteiger partial charge in [0.05, 0.1) is 10.7 Å². The average molecular weight is 351 g/mol. The van der Waals surface area contributed by atoms with Crippen LogP contribution in [0, 0.1) is 12.8 Å². The van der Waals surface area contributed by atoms with Crippen molar-refractivity contribution in [1.29, 1.82) is 0 Å². The second-order valence-electron chi connectivity index (χ2n) is 5.77. The Labute approximate surface area is 144 Å². The van der Waals surface area contributed by atoms with E-state index in [0.717, 1.165) is 37.4 Å². The maximum Gasteiger partial charge on any atom is 0.262 e. The number of nitrogens with zero attached hydrogens (tertiary/aromatic N) is 3. The highest BCUT2D eigenvalue weighted by molar-refractivity contribution is 7.12. The molecule has 1 N–H and O–H groups in total. The molecule has 0 radical (unpaired) electrons. The minimum Gasteiger partial charge on any atom is -0.355 e. The van der Waals surface area contributed by atoms with Crippen molar-refractivity contribution >= 4 is 34.7 Å². The quantitative estimate of drug-likeness (QED) is 0.920. The zero-order valence-electron chi connectivity index (χ0n) is 13.0. The molecule has 2 aromatic rings. The molecule has 122 valence electrons. The number of piperidine rings is 1. The van der Waals surface area contributed by atoms with Crippen molar-refractivity contribution in [2.75, 3.05) is 24.5 Å². The van der Waals surface area contributed by atoms with Crippen molar-refractivity contribution in [2.45, 2.75) is 19.8 Å². The Kier molecular flexibility index (Phi) is 5.13. The Hall–Kier alpha value is -1.66. The largest absolute Gasteiger partial charge is 0.355 e. The van der Waals surface area contributed by atoms with Crippen molar-refractivity contribution in [3.63, 3.8) is 0 Å². The Bertz CT molecular complexity index is 665. The summed E-state index contributed by atoms with van der Waals surface area (Å²) < 4.78 is 0. The molecule has 1 amide bonds. The first-order valence-electron chi connectivity index (χ1n) is 7.70. The second kappa shape index (κ2) is 7.27. The number of thiophene rings is 1. The van der Waals surface area contributed by atoms with E-state index in [9.17, 15) is 4.79 Å². The monoisotopic (exact) mass is 350 g/mol. The maximum atomic E-state index is 12.1. The van der Waals surface area contributed by atoms with Crippen molar-refractivity contribution in [2.24, 2.45) is 5.92 Å². The minimum atomic E-state index is -0.0724. The molecule has 1 aliphatic rings. The summed E-state index contributed by atoms with van der Waals surface area (Å²) in [5.41, 5.74) is 0.929. The van der Waals surface area contributed by atoms with Gasteiger partial charge >= 0.3 is 0 Å². The van der Waals surface area contributed by atoms with E-state index in [2.05, 4.69) is 20.4 Å². The number of aryl methyl sites for hydroxylation is 1. The van der Waals surface area contributed by atoms with Gasteiger partial charge in [0.2, 0.25) is 0 Å². The average Bonchev–Trinajstić information content (AvgIpc) is 3.00. The Morgan fingerprint density at radius 3 is 2.74 bits per heavy atom. The number of carbonyl (C=O) groups is 1. The van der Waals surface area contributed by atoms with Gasteiger partial charge < -0.3 is 10.2 Å². The van der Waals surface area contributed by atoms with Crippen LogP contribution in [0.2, 0.25) is 5.02 Å². The van der Waals surface area contributed by atoms with Gasteiger partial charge in [0, 0.05) is 19.6 Å². The second-order valence-corrected chi connectivity index (χ2v) is 7.09. The van der Waals surface area contributed by atoms with E-state index in [1.807, 2.05) is 24.4 Å². The van der Waals surface area contributed by atoms with Crippen molar-refractivity contribution < 1.29 is 4.79 Å². The summed E-state index contributed by atoms with van der Waals surface area (Å²) in [4.78, 5) is 14.9. The molecule has 1 aliphatic heterocycles. The number of hydrogen-bond donors (Lipinski definition) is 1. The van der Waals surface area contributed by atoms with E-state index in [-0.39, 0.29) is 5.91 Å². The lowest BCUT2D eigenvalue weighted by Gasteiger charge is -2.32. The van der Waals surface area contributed by atoms with E-state index in [1.165, 1.54) is 11.3 Å². The van der Waals surface area contributed by atoms with Crippen LogP contribution in [0.4, 0.5) is 5.82 Å². The molecule has 5 nitrogen and oxygen atoms in total. The predicted molar refractivity (Wildman–Crippen MR) is 93.4 cm³/mol. The normalized spacial score (nSPS) is 15.7. The van der Waals surface area contributed by atoms with Crippen LogP contribution in [-0.4, -0.2) is 35.7 Å². The lowest BCUT2D eigenvalue weighted by atomic mass is 9.97. The van der Waals surface area contributed by atoms with E-state index in [0.29, 0.717) is 22.4 Å². The fraction of sp³-hybridized carbons (Fsp3) is 0.438. The molecule has 0 unspecified atom stereocenters. The van der Waals surface area contributed by atoms with E-state index < -0.39 is 0 Å². The number of carbonyl (C=O) groups excluding carboxylic acids is 1. The summed E-state index contributed by atoms with van der Waals surface area (Å²) in [6.45, 7) is 4.52. The standard InChI is InChI=1S/C16H19ClN4OS/c1-11-2-3-14(20-19-11)21-7-4-12(5-8-21)10-18-16(22)15-13(17)6-9-23-15/h2-3,6,9,12H,4-5,7-8,10H2,1H3,(H,18,22). The predicted octanol–water partition coefficient (Wildman–Crippen LogP) is 3.15. The Balaban J connectivity index is 1.47. The van der Waals surface area contributed by atoms with Gasteiger partial charge in [-0.3, -0.25) is 4.79 Å². The third-order valence-electron chi connectivity index (χ3n) is 4.10. The molecular formula is C16H19ClN4OS. The molecular weight excluding hydrogens is 332 g/mol. The van der Waals surface area contributed by atoms with Gasteiger partial charge in [-0.2, -0.15) is 5.10 Å². The van der Waals surface area contributed by atoms with Crippen molar-refractivity contribution in [1.82, 2.24) is 15.5 Å². The van der Waals surface area contributed by atoms with E-state index in [1.54, 1.807) is 6.07 Å². The smallest absolute Gasteiger partial charge is 0.262 e. The zero-order chi connectivity index (χ0) is 16.2. The van der Waals surface area contributed by atoms with Crippen LogP contribution in [0.5, 0.6) is 0 Å². The molecule has 0 saturated carbocycles. The van der Waals surface area contributed by atoms with Gasteiger partial charge in [0.1, 0.15) is 4.88 Å². The third kappa shape index (κ3) is 4.00. The number of rotatable bonds is 4. The SMILES string of the molecule is Cc1ccc(N2CCC(CNC(=O)c3sccc3Cl)CC2)nn1. The van der Waals surface area contributed by atoms with Gasteiger partial charge in [-0.05, 0) is 49.3 Å². The van der Waals surface area contributed by atoms with Crippen LogP contribution in [0.15, 0.2) is 23.6 Å². The van der Waals surface area contributed by atoms with Crippen LogP contribution in [0.3, 0.4) is 0 Å². The first-order valence-corrected chi connectivity index (χ1v) is 8.95. The molecule has 0 atom stereocenters. The van der Waals surface area contributed by atoms with Crippen LogP contribution in [0.1, 0.15) is 28.2 Å². The number of nitrogens with one attached hydrogen (secondary N) is 1. The minimum absolute atomic E-state index is 0.0724. The fourth-order valence-electron chi connectivity index (χ4n) is 2.70. The highest BCUT2D eigenvalue weighted by Crippen LogP contribution is 2.23. The van der Waals surface area contributed by atoms with E-state index in [4.69, 9.17) is 11.6 Å². The van der Waals surface area contributed by atoms with Crippen LogP contribution >= 0.6 is 22.9 Å². The summed E-state index contributed by atoms with van der Waals surface area (Å²) in [6.07, 6.45) is 2.07. The molecule has 1 saturated heterocycles. The molecule has 0 aromatic carbocycles. The maximum absolute atomic E-state index is 12.1. The number of anilines is 1. The zero-order valence-corrected chi connectivity index (χ0v) is 14.5. The summed E-state index contributed by atoms with van der Waals surface area (Å²) in [5, 5.41) is 13.7. The first kappa shape index (κ1) is 16.2. The molecule has 1 fully saturated rings. The molecule has 0 spiro atoms. The summed E-state index contributed by atoms with van der Waals surface area (Å²) in [7, 11) is 0. The lowest BCUT2D eigenvalue weighted by molar-refractivity contribution is 0.0949. The van der Waals surface area contributed by atoms with Gasteiger partial charge in [0.15, 0.2) is 5.82 Å². The molecule has 0 aliphatic carbocycles. The molecule has 23 heavy (non-hydrogen) atoms. The molecule has 0 bridgehead atoms. The first-order chi connectivity index (χ1) is 11.1. The van der Waals surface area contributed by atoms with Gasteiger partial charge in [-0.1, -0.05) is 11.6 Å². The number of halogens is 1. The summed E-state index contributed by atoms with van der Waals surface area (Å²) in [6, 6.07) is 5.75. The van der Waals surface area contributed by atoms with Crippen molar-refractivity contribution in [3.8, 4) is 0 Å². The number of hydrogen-bond acceptors (Lipinski definition) is 5. The number of amides is 1.